The Morgan fingerprint density at radius 3 is 2.56 bits per heavy atom. The van der Waals surface area contributed by atoms with Gasteiger partial charge in [-0.3, -0.25) is 4.79 Å². The summed E-state index contributed by atoms with van der Waals surface area (Å²) in [6.07, 6.45) is 1.10. The van der Waals surface area contributed by atoms with E-state index in [-0.39, 0.29) is 25.2 Å². The highest BCUT2D eigenvalue weighted by molar-refractivity contribution is 7.88. The van der Waals surface area contributed by atoms with E-state index in [1.165, 1.54) is 22.5 Å². The lowest BCUT2D eigenvalue weighted by molar-refractivity contribution is 0.0951. The van der Waals surface area contributed by atoms with Crippen LogP contribution in [0.4, 0.5) is 4.39 Å². The maximum atomic E-state index is 13.1. The number of hydrogen-bond acceptors (Lipinski definition) is 3. The van der Waals surface area contributed by atoms with E-state index in [1.807, 2.05) is 0 Å². The number of sulfonamides is 1. The number of nitrogens with zero attached hydrogens (tertiary/aromatic N) is 1. The molecular weight excluding hydrogens is 367 g/mol. The van der Waals surface area contributed by atoms with Crippen LogP contribution in [-0.2, 0) is 16.6 Å². The van der Waals surface area contributed by atoms with E-state index in [2.05, 4.69) is 5.32 Å². The molecule has 0 aliphatic carbocycles. The highest BCUT2D eigenvalue weighted by Gasteiger charge is 2.18. The molecule has 0 aromatic heterocycles. The Balaban J connectivity index is 1.99. The predicted octanol–water partition coefficient (Wildman–Crippen LogP) is 2.67. The molecule has 1 N–H and O–H groups in total. The number of amides is 1. The molecule has 0 aliphatic rings. The zero-order valence-corrected chi connectivity index (χ0v) is 15.1. The van der Waals surface area contributed by atoms with Crippen LogP contribution in [0.3, 0.4) is 0 Å². The highest BCUT2D eigenvalue weighted by Crippen LogP contribution is 2.18. The fourth-order valence-electron chi connectivity index (χ4n) is 2.20. The third-order valence-corrected chi connectivity index (χ3v) is 5.13. The van der Waals surface area contributed by atoms with Crippen LogP contribution in [0.25, 0.3) is 0 Å². The Labute approximate surface area is 151 Å². The largest absolute Gasteiger partial charge is 0.351 e. The number of carbonyl (C=O) groups excluding carboxylic acids is 1. The van der Waals surface area contributed by atoms with Crippen molar-refractivity contribution in [2.45, 2.75) is 6.54 Å². The number of nitrogens with one attached hydrogen (secondary N) is 1. The molecule has 134 valence electrons. The molecule has 0 saturated carbocycles. The molecule has 0 fully saturated rings. The Morgan fingerprint density at radius 2 is 1.92 bits per heavy atom. The molecule has 8 heteroatoms. The number of rotatable bonds is 7. The maximum absolute atomic E-state index is 13.1. The fourth-order valence-corrected chi connectivity index (χ4v) is 3.20. The second kappa shape index (κ2) is 8.42. The lowest BCUT2D eigenvalue weighted by Gasteiger charge is -2.20. The van der Waals surface area contributed by atoms with Crippen LogP contribution < -0.4 is 5.32 Å². The van der Waals surface area contributed by atoms with Gasteiger partial charge in [-0.25, -0.2) is 12.8 Å². The van der Waals surface area contributed by atoms with Gasteiger partial charge in [-0.1, -0.05) is 35.9 Å². The summed E-state index contributed by atoms with van der Waals surface area (Å²) >= 11 is 6.07. The smallest absolute Gasteiger partial charge is 0.251 e. The number of halogens is 2. The first-order valence-electron chi connectivity index (χ1n) is 7.49. The molecule has 0 bridgehead atoms. The van der Waals surface area contributed by atoms with Crippen molar-refractivity contribution in [3.63, 3.8) is 0 Å². The van der Waals surface area contributed by atoms with Gasteiger partial charge in [0.15, 0.2) is 0 Å². The van der Waals surface area contributed by atoms with Gasteiger partial charge in [-0.15, -0.1) is 0 Å². The van der Waals surface area contributed by atoms with E-state index in [0.717, 1.165) is 12.3 Å². The Kier molecular flexibility index (Phi) is 6.52. The summed E-state index contributed by atoms with van der Waals surface area (Å²) in [6, 6.07) is 12.2. The second-order valence-corrected chi connectivity index (χ2v) is 7.84. The van der Waals surface area contributed by atoms with Gasteiger partial charge in [0.05, 0.1) is 6.26 Å². The van der Waals surface area contributed by atoms with E-state index < -0.39 is 21.7 Å². The van der Waals surface area contributed by atoms with Gasteiger partial charge in [-0.2, -0.15) is 4.31 Å². The zero-order valence-electron chi connectivity index (χ0n) is 13.6. The van der Waals surface area contributed by atoms with Crippen molar-refractivity contribution >= 4 is 27.5 Å². The maximum Gasteiger partial charge on any atom is 0.251 e. The van der Waals surface area contributed by atoms with E-state index in [9.17, 15) is 17.6 Å². The first-order chi connectivity index (χ1) is 11.8. The van der Waals surface area contributed by atoms with Crippen molar-refractivity contribution in [2.75, 3.05) is 19.3 Å². The third kappa shape index (κ3) is 5.81. The van der Waals surface area contributed by atoms with Gasteiger partial charge in [0.2, 0.25) is 10.0 Å². The molecule has 2 aromatic rings. The summed E-state index contributed by atoms with van der Waals surface area (Å²) in [5, 5.41) is 3.06. The van der Waals surface area contributed by atoms with Crippen LogP contribution in [0.1, 0.15) is 15.9 Å². The van der Waals surface area contributed by atoms with E-state index in [4.69, 9.17) is 11.6 Å². The van der Waals surface area contributed by atoms with Crippen LogP contribution in [0.5, 0.6) is 0 Å². The standard InChI is InChI=1S/C17H18ClFN2O3S/c1-25(23,24)21(12-14-5-2-3-8-16(14)18)10-9-20-17(22)13-6-4-7-15(19)11-13/h2-8,11H,9-10,12H2,1H3,(H,20,22). The molecule has 2 rings (SSSR count). The van der Waals surface area contributed by atoms with Crippen LogP contribution in [0.15, 0.2) is 48.5 Å². The van der Waals surface area contributed by atoms with Crippen LogP contribution >= 0.6 is 11.6 Å². The molecule has 0 spiro atoms. The molecule has 0 heterocycles. The second-order valence-electron chi connectivity index (χ2n) is 5.45. The quantitative estimate of drug-likeness (QED) is 0.798. The Hall–Kier alpha value is -1.96. The average molecular weight is 385 g/mol. The summed E-state index contributed by atoms with van der Waals surface area (Å²) in [4.78, 5) is 12.0. The van der Waals surface area contributed by atoms with E-state index >= 15 is 0 Å². The van der Waals surface area contributed by atoms with Crippen molar-refractivity contribution in [1.82, 2.24) is 9.62 Å². The summed E-state index contributed by atoms with van der Waals surface area (Å²) in [5.41, 5.74) is 0.850. The van der Waals surface area contributed by atoms with Gasteiger partial charge in [0, 0.05) is 30.2 Å². The van der Waals surface area contributed by atoms with E-state index in [1.54, 1.807) is 24.3 Å². The molecule has 25 heavy (non-hydrogen) atoms. The molecule has 0 atom stereocenters. The highest BCUT2D eigenvalue weighted by atomic mass is 35.5. The van der Waals surface area contributed by atoms with Gasteiger partial charge < -0.3 is 5.32 Å². The minimum absolute atomic E-state index is 0.0745. The molecule has 5 nitrogen and oxygen atoms in total. The van der Waals surface area contributed by atoms with Gasteiger partial charge in [0.25, 0.3) is 5.91 Å². The van der Waals surface area contributed by atoms with E-state index in [0.29, 0.717) is 10.6 Å². The van der Waals surface area contributed by atoms with Gasteiger partial charge in [-0.05, 0) is 29.8 Å². The normalized spacial score (nSPS) is 11.5. The fraction of sp³-hybridized carbons (Fsp3) is 0.235. The molecule has 0 unspecified atom stereocenters. The molecular formula is C17H18ClFN2O3S. The molecule has 2 aromatic carbocycles. The summed E-state index contributed by atoms with van der Waals surface area (Å²) < 4.78 is 38.3. The van der Waals surface area contributed by atoms with Crippen molar-refractivity contribution in [2.24, 2.45) is 0 Å². The third-order valence-electron chi connectivity index (χ3n) is 3.51. The molecule has 0 aliphatic heterocycles. The van der Waals surface area contributed by atoms with Gasteiger partial charge in [0.1, 0.15) is 5.82 Å². The van der Waals surface area contributed by atoms with Crippen LogP contribution in [0, 0.1) is 5.82 Å². The van der Waals surface area contributed by atoms with Crippen molar-refractivity contribution in [3.8, 4) is 0 Å². The summed E-state index contributed by atoms with van der Waals surface area (Å²) in [6.45, 7) is 0.270. The average Bonchev–Trinajstić information content (AvgIpc) is 2.54. The zero-order chi connectivity index (χ0) is 18.4. The van der Waals surface area contributed by atoms with Crippen LogP contribution in [0.2, 0.25) is 5.02 Å². The van der Waals surface area contributed by atoms with Crippen LogP contribution in [-0.4, -0.2) is 38.0 Å². The molecule has 0 saturated heterocycles. The monoisotopic (exact) mass is 384 g/mol. The molecule has 1 amide bonds. The SMILES string of the molecule is CS(=O)(=O)N(CCNC(=O)c1cccc(F)c1)Cc1ccccc1Cl. The summed E-state index contributed by atoms with van der Waals surface area (Å²) in [7, 11) is -3.49. The Morgan fingerprint density at radius 1 is 1.20 bits per heavy atom. The Bertz CT molecular complexity index is 858. The van der Waals surface area contributed by atoms with Crippen molar-refractivity contribution < 1.29 is 17.6 Å². The number of hydrogen-bond donors (Lipinski definition) is 1. The number of benzene rings is 2. The predicted molar refractivity (Wildman–Crippen MR) is 95.4 cm³/mol. The topological polar surface area (TPSA) is 66.5 Å². The van der Waals surface area contributed by atoms with Crippen molar-refractivity contribution in [3.05, 3.63) is 70.5 Å². The minimum atomic E-state index is -3.49. The first kappa shape index (κ1) is 19.4. The first-order valence-corrected chi connectivity index (χ1v) is 9.72. The van der Waals surface area contributed by atoms with Gasteiger partial charge >= 0.3 is 0 Å². The lowest BCUT2D eigenvalue weighted by atomic mass is 10.2. The minimum Gasteiger partial charge on any atom is -0.351 e. The lowest BCUT2D eigenvalue weighted by Crippen LogP contribution is -2.37. The molecule has 0 radical (unpaired) electrons. The number of carbonyl (C=O) groups is 1. The summed E-state index contributed by atoms with van der Waals surface area (Å²) in [5.74, 6) is -0.977. The van der Waals surface area contributed by atoms with Crippen molar-refractivity contribution in [1.29, 1.82) is 0 Å².